The maximum absolute atomic E-state index is 5.43. The molecule has 0 unspecified atom stereocenters. The van der Waals surface area contributed by atoms with Gasteiger partial charge in [0, 0.05) is 12.1 Å². The highest BCUT2D eigenvalue weighted by atomic mass is 16.5. The molecule has 0 aliphatic heterocycles. The number of aromatic nitrogens is 1. The summed E-state index contributed by atoms with van der Waals surface area (Å²) < 4.78 is 4.99. The Balaban J connectivity index is 1.78. The van der Waals surface area contributed by atoms with Crippen LogP contribution in [0.5, 0.6) is 0 Å². The van der Waals surface area contributed by atoms with E-state index >= 15 is 0 Å². The molecule has 1 aliphatic carbocycles. The average molecular weight is 181 g/mol. The second-order valence-corrected chi connectivity index (χ2v) is 3.58. The molecular weight excluding hydrogens is 166 g/mol. The van der Waals surface area contributed by atoms with Crippen LogP contribution in [-0.4, -0.2) is 11.2 Å². The van der Waals surface area contributed by atoms with Gasteiger partial charge in [-0.2, -0.15) is 0 Å². The molecule has 1 aromatic rings. The van der Waals surface area contributed by atoms with E-state index < -0.39 is 0 Å². The fourth-order valence-electron chi connectivity index (χ4n) is 1.79. The van der Waals surface area contributed by atoms with Gasteiger partial charge in [0.05, 0.1) is 6.54 Å². The van der Waals surface area contributed by atoms with Crippen molar-refractivity contribution in [2.24, 2.45) is 0 Å². The van der Waals surface area contributed by atoms with E-state index in [0.717, 1.165) is 12.3 Å². The molecule has 1 heterocycles. The number of hydrogen-bond donors (Lipinski definition) is 2. The highest BCUT2D eigenvalue weighted by molar-refractivity contribution is 5.26. The highest BCUT2D eigenvalue weighted by Gasteiger charge is 2.14. The molecule has 0 radical (unpaired) electrons. The Morgan fingerprint density at radius 1 is 1.54 bits per heavy atom. The van der Waals surface area contributed by atoms with E-state index in [2.05, 4.69) is 10.5 Å². The van der Waals surface area contributed by atoms with Crippen molar-refractivity contribution in [3.63, 3.8) is 0 Å². The minimum Gasteiger partial charge on any atom is -0.381 e. The molecule has 1 fully saturated rings. The Morgan fingerprint density at radius 2 is 2.31 bits per heavy atom. The van der Waals surface area contributed by atoms with E-state index in [0.29, 0.717) is 11.9 Å². The summed E-state index contributed by atoms with van der Waals surface area (Å²) in [6.07, 6.45) is 5.25. The number of anilines is 1. The SMILES string of the molecule is Nc1cc(CNC2CCCC2)on1. The lowest BCUT2D eigenvalue weighted by Gasteiger charge is -2.08. The maximum atomic E-state index is 5.43. The fraction of sp³-hybridized carbons (Fsp3) is 0.667. The molecule has 1 aliphatic rings. The molecule has 2 rings (SSSR count). The molecule has 13 heavy (non-hydrogen) atoms. The lowest BCUT2D eigenvalue weighted by Crippen LogP contribution is -2.24. The van der Waals surface area contributed by atoms with Crippen molar-refractivity contribution in [2.75, 3.05) is 5.73 Å². The van der Waals surface area contributed by atoms with Crippen molar-refractivity contribution < 1.29 is 4.52 Å². The number of rotatable bonds is 3. The highest BCUT2D eigenvalue weighted by Crippen LogP contribution is 2.18. The molecule has 0 bridgehead atoms. The zero-order valence-electron chi connectivity index (χ0n) is 7.62. The quantitative estimate of drug-likeness (QED) is 0.737. The Kier molecular flexibility index (Phi) is 2.49. The van der Waals surface area contributed by atoms with Crippen LogP contribution in [0, 0.1) is 0 Å². The summed E-state index contributed by atoms with van der Waals surface area (Å²) in [6.45, 7) is 0.745. The standard InChI is InChI=1S/C9H15N3O/c10-9-5-8(13-12-9)6-11-7-3-1-2-4-7/h5,7,11H,1-4,6H2,(H2,10,12). The molecule has 0 spiro atoms. The van der Waals surface area contributed by atoms with Crippen LogP contribution in [0.3, 0.4) is 0 Å². The van der Waals surface area contributed by atoms with Gasteiger partial charge in [-0.05, 0) is 12.8 Å². The van der Waals surface area contributed by atoms with Crippen molar-refractivity contribution in [1.82, 2.24) is 10.5 Å². The predicted octanol–water partition coefficient (Wildman–Crippen LogP) is 1.29. The summed E-state index contributed by atoms with van der Waals surface area (Å²) >= 11 is 0. The first-order valence-corrected chi connectivity index (χ1v) is 4.79. The third kappa shape index (κ3) is 2.21. The number of hydrogen-bond acceptors (Lipinski definition) is 4. The average Bonchev–Trinajstić information content (AvgIpc) is 2.71. The third-order valence-corrected chi connectivity index (χ3v) is 2.50. The first-order valence-electron chi connectivity index (χ1n) is 4.79. The number of nitrogen functional groups attached to an aromatic ring is 1. The van der Waals surface area contributed by atoms with Crippen molar-refractivity contribution in [1.29, 1.82) is 0 Å². The summed E-state index contributed by atoms with van der Waals surface area (Å²) in [6, 6.07) is 2.42. The molecule has 4 nitrogen and oxygen atoms in total. The van der Waals surface area contributed by atoms with E-state index in [1.165, 1.54) is 25.7 Å². The van der Waals surface area contributed by atoms with Gasteiger partial charge in [-0.25, -0.2) is 0 Å². The Labute approximate surface area is 77.5 Å². The van der Waals surface area contributed by atoms with Crippen LogP contribution < -0.4 is 11.1 Å². The third-order valence-electron chi connectivity index (χ3n) is 2.50. The van der Waals surface area contributed by atoms with Crippen LogP contribution in [0.15, 0.2) is 10.6 Å². The number of nitrogens with zero attached hydrogens (tertiary/aromatic N) is 1. The van der Waals surface area contributed by atoms with Gasteiger partial charge >= 0.3 is 0 Å². The van der Waals surface area contributed by atoms with Crippen LogP contribution >= 0.6 is 0 Å². The summed E-state index contributed by atoms with van der Waals surface area (Å²) in [5, 5.41) is 7.05. The van der Waals surface area contributed by atoms with Gasteiger partial charge in [0.25, 0.3) is 0 Å². The number of nitrogens with one attached hydrogen (secondary N) is 1. The van der Waals surface area contributed by atoms with E-state index in [4.69, 9.17) is 10.3 Å². The molecule has 3 N–H and O–H groups in total. The predicted molar refractivity (Wildman–Crippen MR) is 50.0 cm³/mol. The molecular formula is C9H15N3O. The minimum absolute atomic E-state index is 0.461. The van der Waals surface area contributed by atoms with Crippen LogP contribution in [0.25, 0.3) is 0 Å². The minimum atomic E-state index is 0.461. The van der Waals surface area contributed by atoms with Gasteiger partial charge in [-0.1, -0.05) is 18.0 Å². The summed E-state index contributed by atoms with van der Waals surface area (Å²) in [4.78, 5) is 0. The second-order valence-electron chi connectivity index (χ2n) is 3.58. The zero-order valence-corrected chi connectivity index (χ0v) is 7.62. The Bertz CT molecular complexity index is 266. The first kappa shape index (κ1) is 8.56. The lowest BCUT2D eigenvalue weighted by molar-refractivity contribution is 0.365. The maximum Gasteiger partial charge on any atom is 0.167 e. The van der Waals surface area contributed by atoms with Crippen LogP contribution in [0.2, 0.25) is 0 Å². The summed E-state index contributed by atoms with van der Waals surface area (Å²) in [7, 11) is 0. The molecule has 0 amide bonds. The van der Waals surface area contributed by atoms with Gasteiger partial charge in [-0.15, -0.1) is 0 Å². The molecule has 1 aromatic heterocycles. The van der Waals surface area contributed by atoms with Crippen molar-refractivity contribution in [2.45, 2.75) is 38.3 Å². The molecule has 4 heteroatoms. The monoisotopic (exact) mass is 181 g/mol. The van der Waals surface area contributed by atoms with E-state index in [-0.39, 0.29) is 0 Å². The zero-order chi connectivity index (χ0) is 9.10. The fourth-order valence-corrected chi connectivity index (χ4v) is 1.79. The van der Waals surface area contributed by atoms with Crippen LogP contribution in [-0.2, 0) is 6.54 Å². The first-order chi connectivity index (χ1) is 6.34. The van der Waals surface area contributed by atoms with E-state index in [9.17, 15) is 0 Å². The van der Waals surface area contributed by atoms with Gasteiger partial charge < -0.3 is 15.6 Å². The van der Waals surface area contributed by atoms with E-state index in [1.54, 1.807) is 6.07 Å². The lowest BCUT2D eigenvalue weighted by atomic mass is 10.2. The van der Waals surface area contributed by atoms with Crippen LogP contribution in [0.4, 0.5) is 5.82 Å². The van der Waals surface area contributed by atoms with Gasteiger partial charge in [0.15, 0.2) is 11.6 Å². The topological polar surface area (TPSA) is 64.1 Å². The molecule has 0 atom stereocenters. The second kappa shape index (κ2) is 3.79. The largest absolute Gasteiger partial charge is 0.381 e. The summed E-state index contributed by atoms with van der Waals surface area (Å²) in [5.74, 6) is 1.28. The van der Waals surface area contributed by atoms with E-state index in [1.807, 2.05) is 0 Å². The summed E-state index contributed by atoms with van der Waals surface area (Å²) in [5.41, 5.74) is 5.43. The van der Waals surface area contributed by atoms with Crippen molar-refractivity contribution in [3.8, 4) is 0 Å². The van der Waals surface area contributed by atoms with Gasteiger partial charge in [0.1, 0.15) is 0 Å². The molecule has 72 valence electrons. The number of nitrogens with two attached hydrogens (primary N) is 1. The molecule has 1 saturated carbocycles. The van der Waals surface area contributed by atoms with Crippen molar-refractivity contribution in [3.05, 3.63) is 11.8 Å². The van der Waals surface area contributed by atoms with Crippen LogP contribution in [0.1, 0.15) is 31.4 Å². The smallest absolute Gasteiger partial charge is 0.167 e. The Morgan fingerprint density at radius 3 is 2.92 bits per heavy atom. The van der Waals surface area contributed by atoms with Gasteiger partial charge in [-0.3, -0.25) is 0 Å². The van der Waals surface area contributed by atoms with Gasteiger partial charge in [0.2, 0.25) is 0 Å². The molecule has 0 aromatic carbocycles. The Hall–Kier alpha value is -1.03. The normalized spacial score (nSPS) is 18.2. The molecule has 0 saturated heterocycles. The van der Waals surface area contributed by atoms with Crippen molar-refractivity contribution >= 4 is 5.82 Å².